The van der Waals surface area contributed by atoms with Crippen LogP contribution in [0.1, 0.15) is 37.0 Å². The number of carbonyl (C=O) groups excluding carboxylic acids is 1. The highest BCUT2D eigenvalue weighted by atomic mass is 32.1. The van der Waals surface area contributed by atoms with Gasteiger partial charge in [-0.1, -0.05) is 6.07 Å². The van der Waals surface area contributed by atoms with Gasteiger partial charge in [0.2, 0.25) is 5.91 Å². The molecule has 0 aromatic carbocycles. The highest BCUT2D eigenvalue weighted by Gasteiger charge is 2.32. The van der Waals surface area contributed by atoms with E-state index in [1.807, 2.05) is 6.07 Å². The minimum absolute atomic E-state index is 0.300. The van der Waals surface area contributed by atoms with Gasteiger partial charge in [-0.05, 0) is 43.7 Å². The topological polar surface area (TPSA) is 46.3 Å². The molecule has 17 heavy (non-hydrogen) atoms. The van der Waals surface area contributed by atoms with Crippen LogP contribution in [0.2, 0.25) is 0 Å². The first-order chi connectivity index (χ1) is 8.31. The summed E-state index contributed by atoms with van der Waals surface area (Å²) in [4.78, 5) is 15.5. The first kappa shape index (κ1) is 12.6. The van der Waals surface area contributed by atoms with Crippen LogP contribution >= 0.6 is 11.3 Å². The molecule has 0 aliphatic heterocycles. The van der Waals surface area contributed by atoms with Gasteiger partial charge in [0.1, 0.15) is 0 Å². The molecule has 1 aromatic rings. The molecular formula is C13H20N2OS. The lowest BCUT2D eigenvalue weighted by Gasteiger charge is -2.21. The smallest absolute Gasteiger partial charge is 0.223 e. The molecule has 1 amide bonds. The van der Waals surface area contributed by atoms with Gasteiger partial charge in [-0.15, -0.1) is 11.3 Å². The number of unbranched alkanes of at least 4 members (excludes halogenated alkanes) is 1. The van der Waals surface area contributed by atoms with Crippen LogP contribution in [0.4, 0.5) is 0 Å². The van der Waals surface area contributed by atoms with Gasteiger partial charge in [-0.25, -0.2) is 0 Å². The Morgan fingerprint density at radius 1 is 1.47 bits per heavy atom. The molecule has 1 fully saturated rings. The predicted octanol–water partition coefficient (Wildman–Crippen LogP) is 2.37. The van der Waals surface area contributed by atoms with Crippen molar-refractivity contribution < 1.29 is 4.79 Å². The Balaban J connectivity index is 1.86. The van der Waals surface area contributed by atoms with Gasteiger partial charge in [0.05, 0.1) is 6.54 Å². The summed E-state index contributed by atoms with van der Waals surface area (Å²) in [6.45, 7) is 1.48. The molecule has 2 rings (SSSR count). The van der Waals surface area contributed by atoms with E-state index in [9.17, 15) is 4.79 Å². The Labute approximate surface area is 107 Å². The van der Waals surface area contributed by atoms with Crippen molar-refractivity contribution in [3.63, 3.8) is 0 Å². The Hall–Kier alpha value is -0.870. The average molecular weight is 252 g/mol. The van der Waals surface area contributed by atoms with Crippen molar-refractivity contribution in [3.8, 4) is 0 Å². The largest absolute Gasteiger partial charge is 0.335 e. The molecule has 94 valence electrons. The third kappa shape index (κ3) is 3.82. The van der Waals surface area contributed by atoms with E-state index in [2.05, 4.69) is 16.3 Å². The molecule has 1 saturated carbocycles. The fourth-order valence-electron chi connectivity index (χ4n) is 1.94. The maximum absolute atomic E-state index is 12.1. The van der Waals surface area contributed by atoms with Crippen LogP contribution in [0.15, 0.2) is 17.5 Å². The number of hydrogen-bond donors (Lipinski definition) is 1. The van der Waals surface area contributed by atoms with Gasteiger partial charge in [0.15, 0.2) is 0 Å². The van der Waals surface area contributed by atoms with Gasteiger partial charge < -0.3 is 10.6 Å². The summed E-state index contributed by atoms with van der Waals surface area (Å²) in [5.74, 6) is 0.300. The van der Waals surface area contributed by atoms with E-state index >= 15 is 0 Å². The zero-order valence-electron chi connectivity index (χ0n) is 10.1. The Kier molecular flexibility index (Phi) is 4.57. The van der Waals surface area contributed by atoms with Crippen LogP contribution in [-0.2, 0) is 11.3 Å². The zero-order valence-corrected chi connectivity index (χ0v) is 10.9. The summed E-state index contributed by atoms with van der Waals surface area (Å²) in [5.41, 5.74) is 5.45. The second-order valence-electron chi connectivity index (χ2n) is 4.58. The van der Waals surface area contributed by atoms with Crippen LogP contribution in [0.25, 0.3) is 0 Å². The van der Waals surface area contributed by atoms with E-state index in [1.165, 1.54) is 17.7 Å². The molecule has 0 bridgehead atoms. The standard InChI is InChI=1S/C13H20N2OS/c14-8-2-1-5-13(16)15(11-6-7-11)10-12-4-3-9-17-12/h3-4,9,11H,1-2,5-8,10,14H2. The molecule has 1 aliphatic rings. The van der Waals surface area contributed by atoms with E-state index < -0.39 is 0 Å². The highest BCUT2D eigenvalue weighted by Crippen LogP contribution is 2.30. The second-order valence-corrected chi connectivity index (χ2v) is 5.61. The maximum Gasteiger partial charge on any atom is 0.223 e. The van der Waals surface area contributed by atoms with Crippen LogP contribution in [0.3, 0.4) is 0 Å². The molecular weight excluding hydrogens is 232 g/mol. The Morgan fingerprint density at radius 2 is 2.29 bits per heavy atom. The Morgan fingerprint density at radius 3 is 2.88 bits per heavy atom. The summed E-state index contributed by atoms with van der Waals surface area (Å²) in [7, 11) is 0. The van der Waals surface area contributed by atoms with Crippen molar-refractivity contribution in [1.82, 2.24) is 4.90 Å². The molecule has 3 nitrogen and oxygen atoms in total. The third-order valence-corrected chi connectivity index (χ3v) is 3.92. The lowest BCUT2D eigenvalue weighted by Crippen LogP contribution is -2.32. The van der Waals surface area contributed by atoms with E-state index in [0.717, 1.165) is 19.4 Å². The average Bonchev–Trinajstić information content (AvgIpc) is 3.03. The van der Waals surface area contributed by atoms with Crippen molar-refractivity contribution in [2.45, 2.75) is 44.7 Å². The number of carbonyl (C=O) groups is 1. The van der Waals surface area contributed by atoms with Gasteiger partial charge in [-0.2, -0.15) is 0 Å². The van der Waals surface area contributed by atoms with Gasteiger partial charge in [0.25, 0.3) is 0 Å². The summed E-state index contributed by atoms with van der Waals surface area (Å²) in [5, 5.41) is 2.07. The van der Waals surface area contributed by atoms with E-state index in [-0.39, 0.29) is 0 Å². The lowest BCUT2D eigenvalue weighted by atomic mass is 10.2. The van der Waals surface area contributed by atoms with E-state index in [1.54, 1.807) is 11.3 Å². The van der Waals surface area contributed by atoms with Crippen molar-refractivity contribution in [2.75, 3.05) is 6.54 Å². The summed E-state index contributed by atoms with van der Waals surface area (Å²) >= 11 is 1.73. The first-order valence-electron chi connectivity index (χ1n) is 6.33. The Bertz CT molecular complexity index is 346. The van der Waals surface area contributed by atoms with Crippen LogP contribution in [0, 0.1) is 0 Å². The molecule has 0 saturated heterocycles. The highest BCUT2D eigenvalue weighted by molar-refractivity contribution is 7.09. The number of amides is 1. The SMILES string of the molecule is NCCCCC(=O)N(Cc1cccs1)C1CC1. The van der Waals surface area contributed by atoms with Crippen LogP contribution in [0.5, 0.6) is 0 Å². The minimum Gasteiger partial charge on any atom is -0.335 e. The minimum atomic E-state index is 0.300. The fraction of sp³-hybridized carbons (Fsp3) is 0.615. The number of nitrogens with two attached hydrogens (primary N) is 1. The maximum atomic E-state index is 12.1. The summed E-state index contributed by atoms with van der Waals surface area (Å²) in [6.07, 6.45) is 4.87. The van der Waals surface area contributed by atoms with Gasteiger partial charge >= 0.3 is 0 Å². The molecule has 0 unspecified atom stereocenters. The van der Waals surface area contributed by atoms with Gasteiger partial charge in [-0.3, -0.25) is 4.79 Å². The predicted molar refractivity (Wildman–Crippen MR) is 70.8 cm³/mol. The quantitative estimate of drug-likeness (QED) is 0.757. The molecule has 1 heterocycles. The number of rotatable bonds is 7. The second kappa shape index (κ2) is 6.17. The normalized spacial score (nSPS) is 14.9. The number of nitrogens with zero attached hydrogens (tertiary/aromatic N) is 1. The number of thiophene rings is 1. The van der Waals surface area contributed by atoms with Crippen molar-refractivity contribution in [2.24, 2.45) is 5.73 Å². The molecule has 0 radical (unpaired) electrons. The third-order valence-electron chi connectivity index (χ3n) is 3.06. The lowest BCUT2D eigenvalue weighted by molar-refractivity contribution is -0.132. The van der Waals surface area contributed by atoms with Crippen LogP contribution < -0.4 is 5.73 Å². The van der Waals surface area contributed by atoms with E-state index in [0.29, 0.717) is 24.9 Å². The summed E-state index contributed by atoms with van der Waals surface area (Å²) < 4.78 is 0. The van der Waals surface area contributed by atoms with Crippen molar-refractivity contribution in [3.05, 3.63) is 22.4 Å². The first-order valence-corrected chi connectivity index (χ1v) is 7.21. The van der Waals surface area contributed by atoms with E-state index in [4.69, 9.17) is 5.73 Å². The van der Waals surface area contributed by atoms with Crippen LogP contribution in [-0.4, -0.2) is 23.4 Å². The number of hydrogen-bond acceptors (Lipinski definition) is 3. The van der Waals surface area contributed by atoms with Gasteiger partial charge in [0, 0.05) is 17.3 Å². The van der Waals surface area contributed by atoms with Crippen molar-refractivity contribution >= 4 is 17.2 Å². The summed E-state index contributed by atoms with van der Waals surface area (Å²) in [6, 6.07) is 4.65. The molecule has 0 atom stereocenters. The zero-order chi connectivity index (χ0) is 12.1. The monoisotopic (exact) mass is 252 g/mol. The molecule has 0 spiro atoms. The molecule has 4 heteroatoms. The molecule has 2 N–H and O–H groups in total. The molecule has 1 aromatic heterocycles. The molecule has 1 aliphatic carbocycles. The fourth-order valence-corrected chi connectivity index (χ4v) is 2.64. The van der Waals surface area contributed by atoms with Crippen molar-refractivity contribution in [1.29, 1.82) is 0 Å².